The molecule has 1 unspecified atom stereocenters. The van der Waals surface area contributed by atoms with E-state index < -0.39 is 17.7 Å². The van der Waals surface area contributed by atoms with Crippen molar-refractivity contribution in [3.05, 3.63) is 65.0 Å². The zero-order valence-corrected chi connectivity index (χ0v) is 11.0. The fraction of sp³-hybridized carbons (Fsp3) is 0.267. The smallest absolute Gasteiger partial charge is 0.130 e. The van der Waals surface area contributed by atoms with Crippen molar-refractivity contribution >= 4 is 0 Å². The summed E-state index contributed by atoms with van der Waals surface area (Å²) in [6.07, 6.45) is 1.77. The molecule has 100 valence electrons. The average molecular weight is 262 g/mol. The molecule has 0 spiro atoms. The summed E-state index contributed by atoms with van der Waals surface area (Å²) in [6, 6.07) is 7.33. The molecule has 0 amide bonds. The summed E-state index contributed by atoms with van der Waals surface area (Å²) in [4.78, 5) is 4.24. The molecular formula is C15H16F2N2. The summed E-state index contributed by atoms with van der Waals surface area (Å²) in [5, 5.41) is 3.07. The molecule has 0 bridgehead atoms. The summed E-state index contributed by atoms with van der Waals surface area (Å²) in [5.74, 6) is -1.06. The maximum Gasteiger partial charge on any atom is 0.130 e. The molecule has 0 aliphatic heterocycles. The van der Waals surface area contributed by atoms with Gasteiger partial charge in [-0.3, -0.25) is 4.98 Å². The van der Waals surface area contributed by atoms with E-state index in [4.69, 9.17) is 0 Å². The van der Waals surface area contributed by atoms with Gasteiger partial charge in [0.2, 0.25) is 0 Å². The van der Waals surface area contributed by atoms with Crippen molar-refractivity contribution in [2.24, 2.45) is 0 Å². The third-order valence-electron chi connectivity index (χ3n) is 2.99. The van der Waals surface area contributed by atoms with E-state index in [0.29, 0.717) is 6.54 Å². The Morgan fingerprint density at radius 2 is 1.84 bits per heavy atom. The molecule has 2 nitrogen and oxygen atoms in total. The molecule has 19 heavy (non-hydrogen) atoms. The van der Waals surface area contributed by atoms with Crippen molar-refractivity contribution in [1.29, 1.82) is 0 Å². The number of rotatable bonds is 4. The highest BCUT2D eigenvalue weighted by Gasteiger charge is 2.15. The molecule has 2 rings (SSSR count). The maximum absolute atomic E-state index is 13.6. The van der Waals surface area contributed by atoms with Gasteiger partial charge in [-0.1, -0.05) is 12.1 Å². The van der Waals surface area contributed by atoms with Crippen molar-refractivity contribution in [1.82, 2.24) is 10.3 Å². The van der Waals surface area contributed by atoms with Gasteiger partial charge in [-0.05, 0) is 37.6 Å². The van der Waals surface area contributed by atoms with Crippen LogP contribution in [0.5, 0.6) is 0 Å². The average Bonchev–Trinajstić information content (AvgIpc) is 2.38. The minimum atomic E-state index is -0.531. The standard InChI is InChI=1S/C15H16F2N2/c1-10-6-7-12(19-8-10)9-18-11(2)15-13(16)4-3-5-14(15)17/h3-8,11,18H,9H2,1-2H3. The highest BCUT2D eigenvalue weighted by atomic mass is 19.1. The zero-order valence-electron chi connectivity index (χ0n) is 11.0. The van der Waals surface area contributed by atoms with Crippen molar-refractivity contribution in [3.8, 4) is 0 Å². The van der Waals surface area contributed by atoms with Gasteiger partial charge in [-0.15, -0.1) is 0 Å². The SMILES string of the molecule is Cc1ccc(CNC(C)c2c(F)cccc2F)nc1. The van der Waals surface area contributed by atoms with Gasteiger partial charge >= 0.3 is 0 Å². The van der Waals surface area contributed by atoms with Crippen LogP contribution in [0.2, 0.25) is 0 Å². The summed E-state index contributed by atoms with van der Waals surface area (Å²) in [7, 11) is 0. The molecule has 0 aliphatic rings. The van der Waals surface area contributed by atoms with Crippen LogP contribution >= 0.6 is 0 Å². The van der Waals surface area contributed by atoms with Crippen LogP contribution in [0.25, 0.3) is 0 Å². The van der Waals surface area contributed by atoms with Gasteiger partial charge in [0, 0.05) is 24.3 Å². The van der Waals surface area contributed by atoms with Crippen LogP contribution in [0.4, 0.5) is 8.78 Å². The molecule has 1 aromatic carbocycles. The van der Waals surface area contributed by atoms with Gasteiger partial charge in [0.15, 0.2) is 0 Å². The molecule has 2 aromatic rings. The van der Waals surface area contributed by atoms with Crippen LogP contribution in [-0.4, -0.2) is 4.98 Å². The van der Waals surface area contributed by atoms with Crippen molar-refractivity contribution < 1.29 is 8.78 Å². The lowest BCUT2D eigenvalue weighted by molar-refractivity contribution is 0.485. The van der Waals surface area contributed by atoms with Crippen LogP contribution in [0, 0.1) is 18.6 Å². The Hall–Kier alpha value is -1.81. The molecule has 1 atom stereocenters. The Kier molecular flexibility index (Phi) is 4.22. The number of aryl methyl sites for hydroxylation is 1. The van der Waals surface area contributed by atoms with Crippen LogP contribution in [0.15, 0.2) is 36.5 Å². The van der Waals surface area contributed by atoms with Crippen molar-refractivity contribution in [2.45, 2.75) is 26.4 Å². The summed E-state index contributed by atoms with van der Waals surface area (Å²) in [5.41, 5.74) is 1.99. The van der Waals surface area contributed by atoms with Gasteiger partial charge in [0.1, 0.15) is 11.6 Å². The molecule has 0 fully saturated rings. The van der Waals surface area contributed by atoms with E-state index in [1.807, 2.05) is 19.1 Å². The first-order valence-electron chi connectivity index (χ1n) is 6.16. The molecular weight excluding hydrogens is 246 g/mol. The first-order valence-corrected chi connectivity index (χ1v) is 6.16. The molecule has 0 saturated carbocycles. The minimum absolute atomic E-state index is 0.0645. The first-order chi connectivity index (χ1) is 9.08. The summed E-state index contributed by atoms with van der Waals surface area (Å²) < 4.78 is 27.2. The van der Waals surface area contributed by atoms with E-state index in [1.54, 1.807) is 13.1 Å². The second kappa shape index (κ2) is 5.89. The van der Waals surface area contributed by atoms with Gasteiger partial charge in [-0.25, -0.2) is 8.78 Å². The molecule has 1 heterocycles. The Morgan fingerprint density at radius 1 is 1.16 bits per heavy atom. The number of halogens is 2. The number of hydrogen-bond donors (Lipinski definition) is 1. The van der Waals surface area contributed by atoms with Crippen LogP contribution in [-0.2, 0) is 6.54 Å². The number of benzene rings is 1. The third kappa shape index (κ3) is 3.35. The second-order valence-corrected chi connectivity index (χ2v) is 4.56. The number of nitrogens with one attached hydrogen (secondary N) is 1. The molecule has 0 radical (unpaired) electrons. The monoisotopic (exact) mass is 262 g/mol. The second-order valence-electron chi connectivity index (χ2n) is 4.56. The van der Waals surface area contributed by atoms with E-state index in [2.05, 4.69) is 10.3 Å². The fourth-order valence-electron chi connectivity index (χ4n) is 1.89. The molecule has 1 aromatic heterocycles. The van der Waals surface area contributed by atoms with Gasteiger partial charge in [0.05, 0.1) is 5.69 Å². The highest BCUT2D eigenvalue weighted by Crippen LogP contribution is 2.20. The molecule has 1 N–H and O–H groups in total. The Bertz CT molecular complexity index is 532. The predicted octanol–water partition coefficient (Wildman–Crippen LogP) is 3.52. The maximum atomic E-state index is 13.6. The largest absolute Gasteiger partial charge is 0.304 e. The molecule has 4 heteroatoms. The zero-order chi connectivity index (χ0) is 13.8. The molecule has 0 aliphatic carbocycles. The van der Waals surface area contributed by atoms with Crippen LogP contribution in [0.1, 0.15) is 29.8 Å². The third-order valence-corrected chi connectivity index (χ3v) is 2.99. The highest BCUT2D eigenvalue weighted by molar-refractivity contribution is 5.23. The van der Waals surface area contributed by atoms with E-state index in [0.717, 1.165) is 11.3 Å². The van der Waals surface area contributed by atoms with E-state index in [9.17, 15) is 8.78 Å². The van der Waals surface area contributed by atoms with E-state index >= 15 is 0 Å². The van der Waals surface area contributed by atoms with Crippen molar-refractivity contribution in [3.63, 3.8) is 0 Å². The summed E-state index contributed by atoms with van der Waals surface area (Å²) in [6.45, 7) is 4.16. The number of aromatic nitrogens is 1. The lowest BCUT2D eigenvalue weighted by Crippen LogP contribution is -2.20. The minimum Gasteiger partial charge on any atom is -0.304 e. The topological polar surface area (TPSA) is 24.9 Å². The summed E-state index contributed by atoms with van der Waals surface area (Å²) >= 11 is 0. The van der Waals surface area contributed by atoms with E-state index in [1.165, 1.54) is 18.2 Å². The van der Waals surface area contributed by atoms with Gasteiger partial charge in [-0.2, -0.15) is 0 Å². The van der Waals surface area contributed by atoms with Crippen LogP contribution < -0.4 is 5.32 Å². The number of nitrogens with zero attached hydrogens (tertiary/aromatic N) is 1. The van der Waals surface area contributed by atoms with Gasteiger partial charge < -0.3 is 5.32 Å². The van der Waals surface area contributed by atoms with E-state index in [-0.39, 0.29) is 5.56 Å². The quantitative estimate of drug-likeness (QED) is 0.912. The normalized spacial score (nSPS) is 12.4. The Labute approximate surface area is 111 Å². The molecule has 0 saturated heterocycles. The lowest BCUT2D eigenvalue weighted by atomic mass is 10.1. The predicted molar refractivity (Wildman–Crippen MR) is 70.6 cm³/mol. The van der Waals surface area contributed by atoms with Crippen LogP contribution in [0.3, 0.4) is 0 Å². The first kappa shape index (κ1) is 13.6. The lowest BCUT2D eigenvalue weighted by Gasteiger charge is -2.15. The fourth-order valence-corrected chi connectivity index (χ4v) is 1.89. The number of hydrogen-bond acceptors (Lipinski definition) is 2. The Morgan fingerprint density at radius 3 is 2.42 bits per heavy atom. The van der Waals surface area contributed by atoms with Crippen molar-refractivity contribution in [2.75, 3.05) is 0 Å². The Balaban J connectivity index is 2.05. The van der Waals surface area contributed by atoms with Gasteiger partial charge in [0.25, 0.3) is 0 Å². The number of pyridine rings is 1.